The van der Waals surface area contributed by atoms with Gasteiger partial charge >= 0.3 is 7.82 Å². The fourth-order valence-corrected chi connectivity index (χ4v) is 6.36. The first-order valence-electron chi connectivity index (χ1n) is 20.2. The van der Waals surface area contributed by atoms with E-state index in [0.29, 0.717) is 17.4 Å². The maximum absolute atomic E-state index is 12.8. The SMILES string of the molecule is CCCCC/C=C\CCCCCCCC(=O)NC(COP(=O)(O)OCC[N+](C)(C)C)C(O)/C=C/CCCCCCCCCCCCCCC. The van der Waals surface area contributed by atoms with Crippen molar-refractivity contribution in [1.82, 2.24) is 5.32 Å². The van der Waals surface area contributed by atoms with E-state index in [2.05, 4.69) is 31.3 Å². The van der Waals surface area contributed by atoms with E-state index in [1.54, 1.807) is 6.08 Å². The number of unbranched alkanes of at least 4 members (excludes halogenated alkanes) is 21. The minimum Gasteiger partial charge on any atom is -0.387 e. The summed E-state index contributed by atoms with van der Waals surface area (Å²) < 4.78 is 23.5. The molecule has 0 aromatic heterocycles. The molecule has 3 N–H and O–H groups in total. The van der Waals surface area contributed by atoms with Gasteiger partial charge in [-0.2, -0.15) is 0 Å². The van der Waals surface area contributed by atoms with Crippen molar-refractivity contribution in [3.63, 3.8) is 0 Å². The lowest BCUT2D eigenvalue weighted by Crippen LogP contribution is -2.45. The van der Waals surface area contributed by atoms with Crippen molar-refractivity contribution in [2.45, 2.75) is 187 Å². The number of amides is 1. The van der Waals surface area contributed by atoms with Gasteiger partial charge in [-0.05, 0) is 44.9 Å². The number of aliphatic hydroxyl groups excluding tert-OH is 1. The Morgan fingerprint density at radius 3 is 1.61 bits per heavy atom. The fraction of sp³-hybridized carbons (Fsp3) is 0.875. The Balaban J connectivity index is 4.52. The lowest BCUT2D eigenvalue weighted by Gasteiger charge is -2.25. The first-order chi connectivity index (χ1) is 23.5. The molecule has 0 aromatic carbocycles. The van der Waals surface area contributed by atoms with Crippen LogP contribution in [0.25, 0.3) is 0 Å². The average molecular weight is 716 g/mol. The number of allylic oxidation sites excluding steroid dienone is 3. The summed E-state index contributed by atoms with van der Waals surface area (Å²) in [6.07, 6.45) is 36.6. The molecule has 0 rings (SSSR count). The van der Waals surface area contributed by atoms with Crippen LogP contribution < -0.4 is 5.32 Å². The molecule has 0 radical (unpaired) electrons. The predicted molar refractivity (Wildman–Crippen MR) is 208 cm³/mol. The van der Waals surface area contributed by atoms with Crippen molar-refractivity contribution in [2.75, 3.05) is 40.9 Å². The van der Waals surface area contributed by atoms with Crippen LogP contribution in [0.3, 0.4) is 0 Å². The highest BCUT2D eigenvalue weighted by atomic mass is 31.2. The van der Waals surface area contributed by atoms with Crippen molar-refractivity contribution in [3.8, 4) is 0 Å². The first-order valence-corrected chi connectivity index (χ1v) is 21.7. The Morgan fingerprint density at radius 1 is 0.673 bits per heavy atom. The molecular weight excluding hydrogens is 635 g/mol. The van der Waals surface area contributed by atoms with Gasteiger partial charge in [0.1, 0.15) is 13.2 Å². The van der Waals surface area contributed by atoms with Gasteiger partial charge in [-0.3, -0.25) is 13.8 Å². The number of carbonyl (C=O) groups excluding carboxylic acids is 1. The van der Waals surface area contributed by atoms with E-state index in [-0.39, 0.29) is 19.1 Å². The van der Waals surface area contributed by atoms with Gasteiger partial charge in [0.15, 0.2) is 0 Å². The summed E-state index contributed by atoms with van der Waals surface area (Å²) in [5.74, 6) is -0.189. The molecule has 0 aliphatic heterocycles. The van der Waals surface area contributed by atoms with Crippen LogP contribution in [-0.2, 0) is 18.4 Å². The molecule has 290 valence electrons. The normalized spacial score (nSPS) is 14.8. The molecule has 0 fully saturated rings. The van der Waals surface area contributed by atoms with Crippen molar-refractivity contribution < 1.29 is 32.9 Å². The number of rotatable bonds is 36. The van der Waals surface area contributed by atoms with Crippen molar-refractivity contribution in [3.05, 3.63) is 24.3 Å². The topological polar surface area (TPSA) is 105 Å². The molecule has 0 aromatic rings. The Morgan fingerprint density at radius 2 is 1.10 bits per heavy atom. The van der Waals surface area contributed by atoms with E-state index >= 15 is 0 Å². The van der Waals surface area contributed by atoms with Crippen LogP contribution in [0.4, 0.5) is 0 Å². The van der Waals surface area contributed by atoms with E-state index in [4.69, 9.17) is 9.05 Å². The molecule has 0 spiro atoms. The zero-order valence-electron chi connectivity index (χ0n) is 32.7. The minimum absolute atomic E-state index is 0.0606. The monoisotopic (exact) mass is 716 g/mol. The second-order valence-corrected chi connectivity index (χ2v) is 16.5. The van der Waals surface area contributed by atoms with E-state index in [0.717, 1.165) is 51.4 Å². The number of likely N-dealkylation sites (N-methyl/N-ethyl adjacent to an activating group) is 1. The van der Waals surface area contributed by atoms with Gasteiger partial charge in [-0.15, -0.1) is 0 Å². The highest BCUT2D eigenvalue weighted by Crippen LogP contribution is 2.43. The van der Waals surface area contributed by atoms with E-state index in [1.165, 1.54) is 103 Å². The smallest absolute Gasteiger partial charge is 0.387 e. The highest BCUT2D eigenvalue weighted by Gasteiger charge is 2.27. The van der Waals surface area contributed by atoms with Crippen molar-refractivity contribution in [1.29, 1.82) is 0 Å². The third kappa shape index (κ3) is 35.2. The zero-order chi connectivity index (χ0) is 36.5. The molecule has 8 nitrogen and oxygen atoms in total. The number of carbonyl (C=O) groups is 1. The Bertz CT molecular complexity index is 860. The van der Waals surface area contributed by atoms with Gasteiger partial charge in [-0.1, -0.05) is 147 Å². The van der Waals surface area contributed by atoms with Gasteiger partial charge in [0.2, 0.25) is 5.91 Å². The fourth-order valence-electron chi connectivity index (χ4n) is 5.62. The number of hydrogen-bond donors (Lipinski definition) is 3. The summed E-state index contributed by atoms with van der Waals surface area (Å²) in [5.41, 5.74) is 0. The quantitative estimate of drug-likeness (QED) is 0.0258. The third-order valence-electron chi connectivity index (χ3n) is 8.92. The molecule has 0 aliphatic rings. The lowest BCUT2D eigenvalue weighted by molar-refractivity contribution is -0.870. The summed E-state index contributed by atoms with van der Waals surface area (Å²) in [6, 6.07) is -0.845. The number of phosphoric ester groups is 1. The number of nitrogens with one attached hydrogen (secondary N) is 1. The van der Waals surface area contributed by atoms with Crippen LogP contribution in [0, 0.1) is 0 Å². The second kappa shape index (κ2) is 32.9. The molecule has 9 heteroatoms. The van der Waals surface area contributed by atoms with E-state index < -0.39 is 20.0 Å². The number of aliphatic hydroxyl groups is 1. The zero-order valence-corrected chi connectivity index (χ0v) is 33.6. The predicted octanol–water partition coefficient (Wildman–Crippen LogP) is 10.6. The van der Waals surface area contributed by atoms with Crippen LogP contribution in [0.15, 0.2) is 24.3 Å². The summed E-state index contributed by atoms with van der Waals surface area (Å²) in [5, 5.41) is 13.8. The number of quaternary nitrogens is 1. The maximum atomic E-state index is 12.8. The van der Waals surface area contributed by atoms with Gasteiger partial charge in [0, 0.05) is 6.42 Å². The van der Waals surface area contributed by atoms with Gasteiger partial charge in [-0.25, -0.2) is 4.57 Å². The number of nitrogens with zero attached hydrogens (tertiary/aromatic N) is 1. The molecule has 1 amide bonds. The molecule has 0 saturated carbocycles. The molecule has 0 bridgehead atoms. The third-order valence-corrected chi connectivity index (χ3v) is 9.90. The largest absolute Gasteiger partial charge is 0.472 e. The van der Waals surface area contributed by atoms with E-state index in [9.17, 15) is 19.4 Å². The molecule has 0 saturated heterocycles. The Hall–Kier alpha value is -1.02. The number of hydrogen-bond acceptors (Lipinski definition) is 5. The van der Waals surface area contributed by atoms with Gasteiger partial charge in [0.25, 0.3) is 0 Å². The van der Waals surface area contributed by atoms with Crippen molar-refractivity contribution in [2.24, 2.45) is 0 Å². The second-order valence-electron chi connectivity index (χ2n) is 15.0. The molecule has 0 heterocycles. The molecular formula is C40H80N2O6P+. The summed E-state index contributed by atoms with van der Waals surface area (Å²) in [4.78, 5) is 23.0. The maximum Gasteiger partial charge on any atom is 0.472 e. The van der Waals surface area contributed by atoms with Crippen molar-refractivity contribution >= 4 is 13.7 Å². The lowest BCUT2D eigenvalue weighted by atomic mass is 10.0. The average Bonchev–Trinajstić information content (AvgIpc) is 3.04. The highest BCUT2D eigenvalue weighted by molar-refractivity contribution is 7.47. The molecule has 49 heavy (non-hydrogen) atoms. The Kier molecular flexibility index (Phi) is 32.2. The minimum atomic E-state index is -4.33. The summed E-state index contributed by atoms with van der Waals surface area (Å²) in [7, 11) is 1.57. The van der Waals surface area contributed by atoms with Crippen LogP contribution in [0.1, 0.15) is 174 Å². The van der Waals surface area contributed by atoms with Crippen LogP contribution in [0.5, 0.6) is 0 Å². The van der Waals surface area contributed by atoms with E-state index in [1.807, 2.05) is 27.2 Å². The van der Waals surface area contributed by atoms with Crippen LogP contribution in [0.2, 0.25) is 0 Å². The first kappa shape index (κ1) is 48.0. The summed E-state index contributed by atoms with van der Waals surface area (Å²) >= 11 is 0. The summed E-state index contributed by atoms with van der Waals surface area (Å²) in [6.45, 7) is 4.77. The van der Waals surface area contributed by atoms with Gasteiger partial charge in [0.05, 0.1) is 39.9 Å². The molecule has 3 atom stereocenters. The standard InChI is InChI=1S/C40H79N2O6P/c1-6-8-10-12-14-16-18-20-21-22-23-25-27-29-31-33-39(43)38(37-48-49(45,46)47-36-35-42(3,4)5)41-40(44)34-32-30-28-26-24-19-17-15-13-11-9-7-2/h15,17,31,33,38-39,43H,6-14,16,18-30,32,34-37H2,1-5H3,(H-,41,44,45,46)/p+1/b17-15-,33-31+. The van der Waals surface area contributed by atoms with Gasteiger partial charge < -0.3 is 19.8 Å². The molecule has 0 aliphatic carbocycles. The molecule has 3 unspecified atom stereocenters. The Labute approximate surface area is 303 Å². The van der Waals surface area contributed by atoms with Crippen LogP contribution in [-0.4, -0.2) is 73.4 Å². The number of phosphoric acid groups is 1. The van der Waals surface area contributed by atoms with Crippen LogP contribution >= 0.6 is 7.82 Å².